The second-order valence-electron chi connectivity index (χ2n) is 2.36. The number of amides is 1. The predicted molar refractivity (Wildman–Crippen MR) is 30.0 cm³/mol. The Morgan fingerprint density at radius 2 is 2.30 bits per heavy atom. The molecule has 1 atom stereocenters. The quantitative estimate of drug-likeness (QED) is 0.314. The maximum absolute atomic E-state index is 12.3. The molecule has 0 saturated heterocycles. The highest BCUT2D eigenvalue weighted by Gasteiger charge is 2.52. The van der Waals surface area contributed by atoms with E-state index >= 15 is 0 Å². The minimum Gasteiger partial charge on any atom is -0.294 e. The van der Waals surface area contributed by atoms with Crippen molar-refractivity contribution in [2.45, 2.75) is 18.8 Å². The van der Waals surface area contributed by atoms with Crippen LogP contribution in [0, 0.1) is 5.92 Å². The molecule has 1 rings (SSSR count). The fraction of sp³-hybridized carbons (Fsp3) is 0.800. The molecule has 0 radical (unpaired) electrons. The number of halogens is 2. The monoisotopic (exact) mass is 150 g/mol. The molecule has 0 unspecified atom stereocenters. The van der Waals surface area contributed by atoms with Crippen molar-refractivity contribution in [3.8, 4) is 0 Å². The number of rotatable bonds is 1. The van der Waals surface area contributed by atoms with Crippen LogP contribution in [0.5, 0.6) is 0 Å². The average molecular weight is 150 g/mol. The average Bonchev–Trinajstić information content (AvgIpc) is 1.86. The van der Waals surface area contributed by atoms with Gasteiger partial charge >= 0.3 is 0 Å². The van der Waals surface area contributed by atoms with Gasteiger partial charge in [-0.15, -0.1) is 0 Å². The highest BCUT2D eigenvalue weighted by Crippen LogP contribution is 2.43. The third-order valence-corrected chi connectivity index (χ3v) is 1.73. The number of carbonyl (C=O) groups is 1. The van der Waals surface area contributed by atoms with Crippen LogP contribution in [0.25, 0.3) is 0 Å². The molecule has 0 aromatic heterocycles. The zero-order chi connectivity index (χ0) is 7.78. The standard InChI is InChI=1S/C5H8F2N2O/c6-5(7)2-1-3(5)4(10)9-8/h3H,1-2,8H2,(H,9,10)/t3-/m1/s1. The van der Waals surface area contributed by atoms with Gasteiger partial charge in [0.05, 0.1) is 0 Å². The number of hydrazine groups is 1. The van der Waals surface area contributed by atoms with Crippen LogP contribution in [0.3, 0.4) is 0 Å². The molecule has 1 amide bonds. The lowest BCUT2D eigenvalue weighted by Gasteiger charge is -2.34. The first-order valence-corrected chi connectivity index (χ1v) is 2.96. The molecule has 0 aliphatic heterocycles. The molecule has 10 heavy (non-hydrogen) atoms. The van der Waals surface area contributed by atoms with Crippen molar-refractivity contribution >= 4 is 5.91 Å². The lowest BCUT2D eigenvalue weighted by Crippen LogP contribution is -2.50. The Bertz CT molecular complexity index is 160. The van der Waals surface area contributed by atoms with Crippen LogP contribution in [0.4, 0.5) is 8.78 Å². The van der Waals surface area contributed by atoms with Gasteiger partial charge in [-0.25, -0.2) is 14.6 Å². The van der Waals surface area contributed by atoms with Gasteiger partial charge in [-0.1, -0.05) is 0 Å². The third-order valence-electron chi connectivity index (χ3n) is 1.73. The van der Waals surface area contributed by atoms with Crippen LogP contribution in [-0.4, -0.2) is 11.8 Å². The van der Waals surface area contributed by atoms with Crippen molar-refractivity contribution < 1.29 is 13.6 Å². The Balaban J connectivity index is 2.51. The highest BCUT2D eigenvalue weighted by molar-refractivity contribution is 5.80. The zero-order valence-corrected chi connectivity index (χ0v) is 5.23. The van der Waals surface area contributed by atoms with E-state index < -0.39 is 17.7 Å². The van der Waals surface area contributed by atoms with Gasteiger partial charge in [-0.05, 0) is 6.42 Å². The molecule has 0 spiro atoms. The van der Waals surface area contributed by atoms with Gasteiger partial charge in [-0.2, -0.15) is 0 Å². The summed E-state index contributed by atoms with van der Waals surface area (Å²) in [6.45, 7) is 0. The summed E-state index contributed by atoms with van der Waals surface area (Å²) in [6, 6.07) is 0. The molecule has 0 bridgehead atoms. The first-order valence-electron chi connectivity index (χ1n) is 2.96. The Labute approximate surface area is 56.5 Å². The molecular formula is C5H8F2N2O. The van der Waals surface area contributed by atoms with E-state index in [0.29, 0.717) is 0 Å². The van der Waals surface area contributed by atoms with Crippen LogP contribution in [0.15, 0.2) is 0 Å². The first kappa shape index (κ1) is 7.40. The van der Waals surface area contributed by atoms with Crippen molar-refractivity contribution in [1.29, 1.82) is 0 Å². The molecule has 1 saturated carbocycles. The summed E-state index contributed by atoms with van der Waals surface area (Å²) in [7, 11) is 0. The maximum Gasteiger partial charge on any atom is 0.259 e. The SMILES string of the molecule is NNC(=O)[C@H]1CCC1(F)F. The van der Waals surface area contributed by atoms with E-state index in [1.165, 1.54) is 0 Å². The van der Waals surface area contributed by atoms with Crippen molar-refractivity contribution in [2.75, 3.05) is 0 Å². The van der Waals surface area contributed by atoms with Crippen LogP contribution >= 0.6 is 0 Å². The van der Waals surface area contributed by atoms with Crippen LogP contribution < -0.4 is 11.3 Å². The van der Waals surface area contributed by atoms with Gasteiger partial charge in [0.15, 0.2) is 0 Å². The molecule has 1 aliphatic rings. The van der Waals surface area contributed by atoms with E-state index in [9.17, 15) is 13.6 Å². The molecule has 0 heterocycles. The zero-order valence-electron chi connectivity index (χ0n) is 5.23. The Kier molecular flexibility index (Phi) is 1.60. The van der Waals surface area contributed by atoms with Gasteiger partial charge in [0.1, 0.15) is 5.92 Å². The highest BCUT2D eigenvalue weighted by atomic mass is 19.3. The molecule has 0 aromatic carbocycles. The van der Waals surface area contributed by atoms with Gasteiger partial charge in [-0.3, -0.25) is 10.2 Å². The third kappa shape index (κ3) is 0.965. The smallest absolute Gasteiger partial charge is 0.259 e. The van der Waals surface area contributed by atoms with E-state index in [1.807, 2.05) is 0 Å². The second-order valence-corrected chi connectivity index (χ2v) is 2.36. The van der Waals surface area contributed by atoms with E-state index in [0.717, 1.165) is 0 Å². The molecule has 58 valence electrons. The van der Waals surface area contributed by atoms with Crippen LogP contribution in [-0.2, 0) is 4.79 Å². The lowest BCUT2D eigenvalue weighted by atomic mass is 9.80. The summed E-state index contributed by atoms with van der Waals surface area (Å²) in [5, 5.41) is 0. The van der Waals surface area contributed by atoms with E-state index in [4.69, 9.17) is 0 Å². The maximum atomic E-state index is 12.3. The van der Waals surface area contributed by atoms with Crippen molar-refractivity contribution in [3.63, 3.8) is 0 Å². The Morgan fingerprint density at radius 1 is 1.70 bits per heavy atom. The van der Waals surface area contributed by atoms with E-state index in [-0.39, 0.29) is 12.8 Å². The normalized spacial score (nSPS) is 28.9. The summed E-state index contributed by atoms with van der Waals surface area (Å²) in [5.41, 5.74) is 1.70. The number of nitrogens with two attached hydrogens (primary N) is 1. The van der Waals surface area contributed by atoms with E-state index in [2.05, 4.69) is 5.84 Å². The summed E-state index contributed by atoms with van der Waals surface area (Å²) in [6.07, 6.45) is 0.0289. The second kappa shape index (κ2) is 2.16. The number of alkyl halides is 2. The molecular weight excluding hydrogens is 142 g/mol. The molecule has 3 nitrogen and oxygen atoms in total. The number of hydrogen-bond donors (Lipinski definition) is 2. The summed E-state index contributed by atoms with van der Waals surface area (Å²) in [4.78, 5) is 10.5. The van der Waals surface area contributed by atoms with Crippen LogP contribution in [0.1, 0.15) is 12.8 Å². The Hall–Kier alpha value is -0.710. The van der Waals surface area contributed by atoms with E-state index in [1.54, 1.807) is 5.43 Å². The minimum absolute atomic E-state index is 0.203. The number of hydrogen-bond acceptors (Lipinski definition) is 2. The first-order chi connectivity index (χ1) is 4.58. The van der Waals surface area contributed by atoms with Crippen LogP contribution in [0.2, 0.25) is 0 Å². The largest absolute Gasteiger partial charge is 0.294 e. The van der Waals surface area contributed by atoms with Gasteiger partial charge in [0.25, 0.3) is 5.92 Å². The van der Waals surface area contributed by atoms with Gasteiger partial charge in [0.2, 0.25) is 5.91 Å². The molecule has 1 aliphatic carbocycles. The molecule has 1 fully saturated rings. The molecule has 3 N–H and O–H groups in total. The van der Waals surface area contributed by atoms with Crippen molar-refractivity contribution in [2.24, 2.45) is 11.8 Å². The Morgan fingerprint density at radius 3 is 2.40 bits per heavy atom. The topological polar surface area (TPSA) is 55.1 Å². The van der Waals surface area contributed by atoms with Gasteiger partial charge in [0, 0.05) is 6.42 Å². The van der Waals surface area contributed by atoms with Crippen molar-refractivity contribution in [1.82, 2.24) is 5.43 Å². The fourth-order valence-electron chi connectivity index (χ4n) is 0.930. The molecule has 0 aromatic rings. The minimum atomic E-state index is -2.83. The molecule has 5 heteroatoms. The predicted octanol–water partition coefficient (Wildman–Crippen LogP) is 0.0216. The number of carbonyl (C=O) groups excluding carboxylic acids is 1. The number of nitrogens with one attached hydrogen (secondary N) is 1. The lowest BCUT2D eigenvalue weighted by molar-refractivity contribution is -0.162. The van der Waals surface area contributed by atoms with Gasteiger partial charge < -0.3 is 0 Å². The fourth-order valence-corrected chi connectivity index (χ4v) is 0.930. The van der Waals surface area contributed by atoms with Crippen molar-refractivity contribution in [3.05, 3.63) is 0 Å². The summed E-state index contributed by atoms with van der Waals surface area (Å²) >= 11 is 0. The summed E-state index contributed by atoms with van der Waals surface area (Å²) in [5.74, 6) is -0.123. The summed E-state index contributed by atoms with van der Waals surface area (Å²) < 4.78 is 24.6.